The highest BCUT2D eigenvalue weighted by Gasteiger charge is 2.23. The normalized spacial score (nSPS) is 19.7. The topological polar surface area (TPSA) is 58.2 Å². The van der Waals surface area contributed by atoms with Gasteiger partial charge in [-0.25, -0.2) is 0 Å². The molecule has 4 heteroatoms. The third-order valence-corrected chi connectivity index (χ3v) is 4.00. The molecule has 0 unspecified atom stereocenters. The minimum atomic E-state index is 0.0601. The summed E-state index contributed by atoms with van der Waals surface area (Å²) in [6.45, 7) is 1.86. The first-order valence-corrected chi connectivity index (χ1v) is 6.92. The molecule has 3 rings (SSSR count). The van der Waals surface area contributed by atoms with E-state index in [2.05, 4.69) is 10.6 Å². The van der Waals surface area contributed by atoms with Crippen LogP contribution in [0.2, 0.25) is 0 Å². The minimum Gasteiger partial charge on any atom is -0.326 e. The maximum atomic E-state index is 12.4. The van der Waals surface area contributed by atoms with Gasteiger partial charge in [0.25, 0.3) is 0 Å². The largest absolute Gasteiger partial charge is 0.326 e. The van der Waals surface area contributed by atoms with Crippen molar-refractivity contribution in [3.05, 3.63) is 29.3 Å². The second-order valence-corrected chi connectivity index (χ2v) is 5.31. The summed E-state index contributed by atoms with van der Waals surface area (Å²) in [6.07, 6.45) is 3.09. The smallest absolute Gasteiger partial charge is 0.224 e. The number of fused-ring (bicyclic) bond motifs is 1. The van der Waals surface area contributed by atoms with Crippen molar-refractivity contribution < 1.29 is 9.59 Å². The summed E-state index contributed by atoms with van der Waals surface area (Å²) in [4.78, 5) is 23.7. The van der Waals surface area contributed by atoms with Crippen LogP contribution in [0.15, 0.2) is 18.2 Å². The van der Waals surface area contributed by atoms with E-state index in [1.807, 2.05) is 18.2 Å². The number of nitrogens with one attached hydrogen (secondary N) is 2. The van der Waals surface area contributed by atoms with E-state index in [1.54, 1.807) is 0 Å². The predicted molar refractivity (Wildman–Crippen MR) is 73.3 cm³/mol. The summed E-state index contributed by atoms with van der Waals surface area (Å²) < 4.78 is 0. The fraction of sp³-hybridized carbons (Fsp3) is 0.467. The Bertz CT molecular complexity index is 519. The van der Waals surface area contributed by atoms with Crippen molar-refractivity contribution in [3.63, 3.8) is 0 Å². The highest BCUT2D eigenvalue weighted by Crippen LogP contribution is 2.26. The van der Waals surface area contributed by atoms with Gasteiger partial charge < -0.3 is 10.6 Å². The molecule has 100 valence electrons. The summed E-state index contributed by atoms with van der Waals surface area (Å²) in [5.74, 6) is 0.462. The lowest BCUT2D eigenvalue weighted by Crippen LogP contribution is -2.32. The number of carbonyl (C=O) groups is 2. The van der Waals surface area contributed by atoms with E-state index >= 15 is 0 Å². The summed E-state index contributed by atoms with van der Waals surface area (Å²) in [5.41, 5.74) is 2.74. The van der Waals surface area contributed by atoms with Crippen LogP contribution in [0.1, 0.15) is 35.2 Å². The lowest BCUT2D eigenvalue weighted by molar-refractivity contribution is -0.116. The van der Waals surface area contributed by atoms with Gasteiger partial charge in [-0.2, -0.15) is 0 Å². The van der Waals surface area contributed by atoms with E-state index in [0.717, 1.165) is 49.2 Å². The molecule has 1 fully saturated rings. The molecule has 1 aromatic carbocycles. The van der Waals surface area contributed by atoms with Gasteiger partial charge in [0, 0.05) is 23.6 Å². The molecule has 0 spiro atoms. The Balaban J connectivity index is 1.81. The van der Waals surface area contributed by atoms with E-state index in [9.17, 15) is 9.59 Å². The zero-order valence-corrected chi connectivity index (χ0v) is 10.9. The van der Waals surface area contributed by atoms with Crippen molar-refractivity contribution in [1.82, 2.24) is 5.32 Å². The van der Waals surface area contributed by atoms with Crippen molar-refractivity contribution in [2.75, 3.05) is 18.4 Å². The standard InChI is InChI=1S/C15H18N2O2/c18-14-4-2-11-9-12(1-3-13(11)17-14)15(19)10-5-7-16-8-6-10/h1,3,9-10,16H,2,4-8H2,(H,17,18). The molecule has 0 bridgehead atoms. The first-order chi connectivity index (χ1) is 9.24. The second kappa shape index (κ2) is 5.13. The van der Waals surface area contributed by atoms with Gasteiger partial charge in [0.15, 0.2) is 5.78 Å². The van der Waals surface area contributed by atoms with Crippen LogP contribution in [-0.4, -0.2) is 24.8 Å². The van der Waals surface area contributed by atoms with Crippen molar-refractivity contribution in [2.45, 2.75) is 25.7 Å². The number of piperidine rings is 1. The number of carbonyl (C=O) groups excluding carboxylic acids is 2. The molecule has 19 heavy (non-hydrogen) atoms. The van der Waals surface area contributed by atoms with Gasteiger partial charge in [-0.05, 0) is 56.1 Å². The zero-order chi connectivity index (χ0) is 13.2. The Morgan fingerprint density at radius 2 is 1.95 bits per heavy atom. The Hall–Kier alpha value is -1.68. The van der Waals surface area contributed by atoms with E-state index in [4.69, 9.17) is 0 Å². The Labute approximate surface area is 112 Å². The summed E-state index contributed by atoms with van der Waals surface area (Å²) in [6, 6.07) is 5.66. The van der Waals surface area contributed by atoms with Crippen LogP contribution in [0.25, 0.3) is 0 Å². The first kappa shape index (κ1) is 12.4. The molecule has 0 saturated carbocycles. The molecule has 1 aromatic rings. The number of hydrogen-bond donors (Lipinski definition) is 2. The van der Waals surface area contributed by atoms with Gasteiger partial charge in [-0.3, -0.25) is 9.59 Å². The summed E-state index contributed by atoms with van der Waals surface area (Å²) >= 11 is 0. The molecule has 2 N–H and O–H groups in total. The van der Waals surface area contributed by atoms with Crippen LogP contribution in [0.3, 0.4) is 0 Å². The molecular weight excluding hydrogens is 240 g/mol. The van der Waals surface area contributed by atoms with Crippen molar-refractivity contribution in [2.24, 2.45) is 5.92 Å². The molecule has 1 amide bonds. The molecule has 2 aliphatic rings. The summed E-state index contributed by atoms with van der Waals surface area (Å²) in [7, 11) is 0. The second-order valence-electron chi connectivity index (χ2n) is 5.31. The fourth-order valence-electron chi connectivity index (χ4n) is 2.86. The molecule has 0 aromatic heterocycles. The van der Waals surface area contributed by atoms with Crippen molar-refractivity contribution >= 4 is 17.4 Å². The zero-order valence-electron chi connectivity index (χ0n) is 10.9. The van der Waals surface area contributed by atoms with E-state index in [1.165, 1.54) is 0 Å². The van der Waals surface area contributed by atoms with Gasteiger partial charge in [0.05, 0.1) is 0 Å². The average molecular weight is 258 g/mol. The van der Waals surface area contributed by atoms with Crippen LogP contribution >= 0.6 is 0 Å². The number of anilines is 1. The number of aryl methyl sites for hydroxylation is 1. The molecule has 0 radical (unpaired) electrons. The number of ketones is 1. The van der Waals surface area contributed by atoms with Crippen molar-refractivity contribution in [1.29, 1.82) is 0 Å². The Morgan fingerprint density at radius 3 is 2.74 bits per heavy atom. The molecule has 2 heterocycles. The van der Waals surface area contributed by atoms with Crippen LogP contribution in [0.4, 0.5) is 5.69 Å². The quantitative estimate of drug-likeness (QED) is 0.795. The SMILES string of the molecule is O=C1CCc2cc(C(=O)C3CCNCC3)ccc2N1. The van der Waals surface area contributed by atoms with E-state index < -0.39 is 0 Å². The van der Waals surface area contributed by atoms with Gasteiger partial charge in [0.2, 0.25) is 5.91 Å². The minimum absolute atomic E-state index is 0.0601. The Morgan fingerprint density at radius 1 is 1.16 bits per heavy atom. The maximum absolute atomic E-state index is 12.4. The molecule has 4 nitrogen and oxygen atoms in total. The lowest BCUT2D eigenvalue weighted by atomic mass is 9.88. The van der Waals surface area contributed by atoms with Gasteiger partial charge in [0.1, 0.15) is 0 Å². The number of benzene rings is 1. The summed E-state index contributed by atoms with van der Waals surface area (Å²) in [5, 5.41) is 6.12. The van der Waals surface area contributed by atoms with Gasteiger partial charge in [-0.1, -0.05) is 0 Å². The monoisotopic (exact) mass is 258 g/mol. The van der Waals surface area contributed by atoms with Crippen LogP contribution < -0.4 is 10.6 Å². The Kier molecular flexibility index (Phi) is 3.34. The molecule has 0 aliphatic carbocycles. The lowest BCUT2D eigenvalue weighted by Gasteiger charge is -2.22. The van der Waals surface area contributed by atoms with Crippen LogP contribution in [-0.2, 0) is 11.2 Å². The van der Waals surface area contributed by atoms with Crippen LogP contribution in [0, 0.1) is 5.92 Å². The van der Waals surface area contributed by atoms with Gasteiger partial charge >= 0.3 is 0 Å². The fourth-order valence-corrected chi connectivity index (χ4v) is 2.86. The van der Waals surface area contributed by atoms with Gasteiger partial charge in [-0.15, -0.1) is 0 Å². The predicted octanol–water partition coefficient (Wildman–Crippen LogP) is 1.75. The van der Waals surface area contributed by atoms with Crippen molar-refractivity contribution in [3.8, 4) is 0 Å². The number of Topliss-reactive ketones (excluding diaryl/α,β-unsaturated/α-hetero) is 1. The average Bonchev–Trinajstić information content (AvgIpc) is 2.47. The molecular formula is C15H18N2O2. The number of rotatable bonds is 2. The first-order valence-electron chi connectivity index (χ1n) is 6.92. The maximum Gasteiger partial charge on any atom is 0.224 e. The third-order valence-electron chi connectivity index (χ3n) is 4.00. The number of amides is 1. The third kappa shape index (κ3) is 2.54. The van der Waals surface area contributed by atoms with Crippen LogP contribution in [0.5, 0.6) is 0 Å². The van der Waals surface area contributed by atoms with E-state index in [0.29, 0.717) is 6.42 Å². The number of hydrogen-bond acceptors (Lipinski definition) is 3. The molecule has 1 saturated heterocycles. The molecule has 2 aliphatic heterocycles. The molecule has 0 atom stereocenters. The highest BCUT2D eigenvalue weighted by atomic mass is 16.1. The highest BCUT2D eigenvalue weighted by molar-refractivity contribution is 6.00. The van der Waals surface area contributed by atoms with E-state index in [-0.39, 0.29) is 17.6 Å².